The third-order valence-corrected chi connectivity index (χ3v) is 4.10. The first-order valence-electron chi connectivity index (χ1n) is 6.69. The molecule has 1 fully saturated rings. The topological polar surface area (TPSA) is 43.8 Å². The van der Waals surface area contributed by atoms with Gasteiger partial charge >= 0.3 is 0 Å². The molecule has 0 aliphatic carbocycles. The van der Waals surface area contributed by atoms with E-state index in [1.807, 2.05) is 0 Å². The van der Waals surface area contributed by atoms with Crippen molar-refractivity contribution in [2.24, 2.45) is 0 Å². The zero-order chi connectivity index (χ0) is 14.5. The van der Waals surface area contributed by atoms with Crippen molar-refractivity contribution in [3.63, 3.8) is 0 Å². The Balaban J connectivity index is 2.03. The van der Waals surface area contributed by atoms with Crippen molar-refractivity contribution >= 4 is 21.8 Å². The molecule has 1 aromatic carbocycles. The second-order valence-corrected chi connectivity index (χ2v) is 5.69. The zero-order valence-electron chi connectivity index (χ0n) is 11.2. The number of nitrogens with zero attached hydrogens (tertiary/aromatic N) is 2. The Bertz CT molecular complexity index is 484. The van der Waals surface area contributed by atoms with E-state index in [2.05, 4.69) is 20.8 Å². The monoisotopic (exact) mass is 344 g/mol. The van der Waals surface area contributed by atoms with Gasteiger partial charge in [-0.2, -0.15) is 0 Å². The highest BCUT2D eigenvalue weighted by molar-refractivity contribution is 9.10. The molecule has 0 radical (unpaired) electrons. The third-order valence-electron chi connectivity index (χ3n) is 3.46. The summed E-state index contributed by atoms with van der Waals surface area (Å²) in [4.78, 5) is 16.2. The summed E-state index contributed by atoms with van der Waals surface area (Å²) in [6.07, 6.45) is 0.866. The number of hydrogen-bond donors (Lipinski definition) is 1. The largest absolute Gasteiger partial charge is 0.395 e. The highest BCUT2D eigenvalue weighted by atomic mass is 79.9. The van der Waals surface area contributed by atoms with Crippen molar-refractivity contribution in [3.05, 3.63) is 34.1 Å². The Morgan fingerprint density at radius 1 is 1.30 bits per heavy atom. The van der Waals surface area contributed by atoms with Crippen molar-refractivity contribution in [2.45, 2.75) is 6.42 Å². The van der Waals surface area contributed by atoms with Gasteiger partial charge in [-0.25, -0.2) is 4.39 Å². The fourth-order valence-electron chi connectivity index (χ4n) is 2.35. The minimum atomic E-state index is -0.424. The molecule has 1 amide bonds. The van der Waals surface area contributed by atoms with Gasteiger partial charge in [-0.1, -0.05) is 0 Å². The van der Waals surface area contributed by atoms with Crippen LogP contribution in [0, 0.1) is 5.82 Å². The molecule has 1 N–H and O–H groups in total. The van der Waals surface area contributed by atoms with Gasteiger partial charge in [0.25, 0.3) is 5.91 Å². The Hall–Kier alpha value is -0.980. The highest BCUT2D eigenvalue weighted by Crippen LogP contribution is 2.18. The van der Waals surface area contributed by atoms with Crippen LogP contribution >= 0.6 is 15.9 Å². The van der Waals surface area contributed by atoms with Gasteiger partial charge in [0.1, 0.15) is 5.82 Å². The van der Waals surface area contributed by atoms with E-state index < -0.39 is 5.82 Å². The number of aliphatic hydroxyl groups excluding tert-OH is 1. The molecule has 4 nitrogen and oxygen atoms in total. The number of rotatable bonds is 3. The van der Waals surface area contributed by atoms with Crippen LogP contribution in [0.1, 0.15) is 16.8 Å². The summed E-state index contributed by atoms with van der Waals surface area (Å²) in [7, 11) is 0. The van der Waals surface area contributed by atoms with Gasteiger partial charge in [-0.3, -0.25) is 9.69 Å². The number of β-amino-alcohol motifs (C(OH)–C–C–N with tert-alkyl or cyclic N) is 1. The summed E-state index contributed by atoms with van der Waals surface area (Å²) in [5.41, 5.74) is 0.376. The van der Waals surface area contributed by atoms with Crippen molar-refractivity contribution in [1.29, 1.82) is 0 Å². The highest BCUT2D eigenvalue weighted by Gasteiger charge is 2.20. The number of carbonyl (C=O) groups is 1. The van der Waals surface area contributed by atoms with Crippen LogP contribution in [0.15, 0.2) is 22.7 Å². The van der Waals surface area contributed by atoms with E-state index in [0.29, 0.717) is 29.7 Å². The smallest absolute Gasteiger partial charge is 0.254 e. The van der Waals surface area contributed by atoms with Crippen molar-refractivity contribution in [1.82, 2.24) is 9.80 Å². The maximum Gasteiger partial charge on any atom is 0.254 e. The number of hydrogen-bond acceptors (Lipinski definition) is 3. The average Bonchev–Trinajstić information content (AvgIpc) is 2.67. The first-order chi connectivity index (χ1) is 9.61. The van der Waals surface area contributed by atoms with Crippen molar-refractivity contribution in [2.75, 3.05) is 39.3 Å². The van der Waals surface area contributed by atoms with E-state index in [9.17, 15) is 9.18 Å². The summed E-state index contributed by atoms with van der Waals surface area (Å²) < 4.78 is 13.9. The van der Waals surface area contributed by atoms with Crippen LogP contribution in [0.2, 0.25) is 0 Å². The van der Waals surface area contributed by atoms with Crippen molar-refractivity contribution in [3.8, 4) is 0 Å². The molecule has 1 saturated heterocycles. The molecule has 0 spiro atoms. The molecule has 20 heavy (non-hydrogen) atoms. The Kier molecular flexibility index (Phi) is 5.51. The lowest BCUT2D eigenvalue weighted by molar-refractivity contribution is 0.0760. The number of benzene rings is 1. The average molecular weight is 345 g/mol. The van der Waals surface area contributed by atoms with Gasteiger partial charge < -0.3 is 10.0 Å². The first-order valence-corrected chi connectivity index (χ1v) is 7.48. The normalized spacial score (nSPS) is 17.1. The fraction of sp³-hybridized carbons (Fsp3) is 0.500. The van der Waals surface area contributed by atoms with E-state index in [4.69, 9.17) is 5.11 Å². The number of aliphatic hydroxyl groups is 1. The van der Waals surface area contributed by atoms with Gasteiger partial charge in [0.15, 0.2) is 0 Å². The standard InChI is InChI=1S/C14H18BrFN2O2/c15-12-3-2-11(10-13(12)16)14(20)18-5-1-4-17(6-7-18)8-9-19/h2-3,10,19H,1,4-9H2. The zero-order valence-corrected chi connectivity index (χ0v) is 12.8. The van der Waals surface area contributed by atoms with E-state index in [0.717, 1.165) is 19.5 Å². The lowest BCUT2D eigenvalue weighted by Gasteiger charge is -2.21. The molecule has 0 atom stereocenters. The van der Waals surface area contributed by atoms with Crippen LogP contribution in [0.4, 0.5) is 4.39 Å². The summed E-state index contributed by atoms with van der Waals surface area (Å²) >= 11 is 3.08. The third kappa shape index (κ3) is 3.77. The van der Waals surface area contributed by atoms with Gasteiger partial charge in [0.05, 0.1) is 11.1 Å². The molecule has 1 aliphatic heterocycles. The van der Waals surface area contributed by atoms with E-state index in [1.54, 1.807) is 17.0 Å². The molecule has 0 aromatic heterocycles. The van der Waals surface area contributed by atoms with Crippen LogP contribution in [0.25, 0.3) is 0 Å². The molecule has 0 bridgehead atoms. The minimum Gasteiger partial charge on any atom is -0.395 e. The summed E-state index contributed by atoms with van der Waals surface area (Å²) in [6, 6.07) is 4.45. The Morgan fingerprint density at radius 3 is 2.80 bits per heavy atom. The lowest BCUT2D eigenvalue weighted by Crippen LogP contribution is -2.35. The molecule has 6 heteroatoms. The van der Waals surface area contributed by atoms with Gasteiger partial charge in [-0.15, -0.1) is 0 Å². The minimum absolute atomic E-state index is 0.131. The molecule has 1 heterocycles. The lowest BCUT2D eigenvalue weighted by atomic mass is 10.2. The number of amides is 1. The summed E-state index contributed by atoms with van der Waals surface area (Å²) in [5, 5.41) is 8.95. The van der Waals surface area contributed by atoms with E-state index in [1.165, 1.54) is 6.07 Å². The van der Waals surface area contributed by atoms with Crippen molar-refractivity contribution < 1.29 is 14.3 Å². The molecule has 1 aromatic rings. The molecular weight excluding hydrogens is 327 g/mol. The molecule has 0 unspecified atom stereocenters. The predicted octanol–water partition coefficient (Wildman–Crippen LogP) is 1.73. The fourth-order valence-corrected chi connectivity index (χ4v) is 2.60. The molecular formula is C14H18BrFN2O2. The number of carbonyl (C=O) groups excluding carboxylic acids is 1. The van der Waals surface area contributed by atoms with Crippen LogP contribution < -0.4 is 0 Å². The second-order valence-electron chi connectivity index (χ2n) is 4.84. The van der Waals surface area contributed by atoms with Crippen LogP contribution in [-0.2, 0) is 0 Å². The predicted molar refractivity (Wildman–Crippen MR) is 78.1 cm³/mol. The summed E-state index contributed by atoms with van der Waals surface area (Å²) in [6.45, 7) is 3.65. The number of halogens is 2. The Morgan fingerprint density at radius 2 is 2.10 bits per heavy atom. The molecule has 2 rings (SSSR count). The van der Waals surface area contributed by atoms with Gasteiger partial charge in [0, 0.05) is 31.7 Å². The van der Waals surface area contributed by atoms with Crippen LogP contribution in [-0.4, -0.2) is 60.1 Å². The molecule has 110 valence electrons. The molecule has 1 aliphatic rings. The first kappa shape index (κ1) is 15.4. The van der Waals surface area contributed by atoms with Gasteiger partial charge in [0.2, 0.25) is 0 Å². The second kappa shape index (κ2) is 7.15. The summed E-state index contributed by atoms with van der Waals surface area (Å²) in [5.74, 6) is -0.560. The molecule has 0 saturated carbocycles. The SMILES string of the molecule is O=C(c1ccc(Br)c(F)c1)N1CCCN(CCO)CC1. The van der Waals surface area contributed by atoms with Crippen LogP contribution in [0.5, 0.6) is 0 Å². The quantitative estimate of drug-likeness (QED) is 0.908. The maximum absolute atomic E-state index is 13.5. The van der Waals surface area contributed by atoms with E-state index in [-0.39, 0.29) is 12.5 Å². The van der Waals surface area contributed by atoms with E-state index >= 15 is 0 Å². The maximum atomic E-state index is 13.5. The van der Waals surface area contributed by atoms with Gasteiger partial charge in [-0.05, 0) is 47.1 Å². The van der Waals surface area contributed by atoms with Crippen LogP contribution in [0.3, 0.4) is 0 Å². The Labute approximate surface area is 126 Å².